The van der Waals surface area contributed by atoms with Gasteiger partial charge in [0, 0.05) is 0 Å². The summed E-state index contributed by atoms with van der Waals surface area (Å²) in [5, 5.41) is 0. The molecule has 3 atom stereocenters. The summed E-state index contributed by atoms with van der Waals surface area (Å²) in [6.45, 7) is 9.05. The topological polar surface area (TPSA) is 0 Å². The van der Waals surface area contributed by atoms with Crippen LogP contribution >= 0.6 is 0 Å². The molecule has 2 aliphatic carbocycles. The van der Waals surface area contributed by atoms with Crippen LogP contribution in [0, 0.1) is 17.3 Å². The molecule has 2 aliphatic rings. The molecule has 19 heavy (non-hydrogen) atoms. The Balaban J connectivity index is 1.56. The smallest absolute Gasteiger partial charge is 0.00565 e. The van der Waals surface area contributed by atoms with Crippen molar-refractivity contribution in [2.75, 3.05) is 0 Å². The first-order valence-electron chi connectivity index (χ1n) is 7.90. The predicted molar refractivity (Wildman–Crippen MR) is 82.2 cm³/mol. The standard InChI is InChI=1S/C19H26/c1-4-16-7-9-17(10-8-16)6-5-15(3)19-12-14(2)11-18(19)13-19/h7-10,14,18H,3-6,11-13H2,1-2H3. The fourth-order valence-corrected chi connectivity index (χ4v) is 4.19. The zero-order chi connectivity index (χ0) is 13.5. The minimum Gasteiger partial charge on any atom is -0.0993 e. The van der Waals surface area contributed by atoms with Crippen molar-refractivity contribution in [3.63, 3.8) is 0 Å². The van der Waals surface area contributed by atoms with Gasteiger partial charge < -0.3 is 0 Å². The molecule has 0 bridgehead atoms. The van der Waals surface area contributed by atoms with E-state index in [-0.39, 0.29) is 0 Å². The maximum Gasteiger partial charge on any atom is -0.00565 e. The van der Waals surface area contributed by atoms with Gasteiger partial charge in [-0.25, -0.2) is 0 Å². The summed E-state index contributed by atoms with van der Waals surface area (Å²) in [6, 6.07) is 9.14. The molecule has 1 aromatic carbocycles. The Labute approximate surface area is 117 Å². The molecule has 0 aliphatic heterocycles. The maximum atomic E-state index is 4.43. The molecule has 0 heterocycles. The van der Waals surface area contributed by atoms with E-state index < -0.39 is 0 Å². The molecule has 0 radical (unpaired) electrons. The van der Waals surface area contributed by atoms with Crippen molar-refractivity contribution in [3.05, 3.63) is 47.5 Å². The maximum absolute atomic E-state index is 4.43. The molecule has 2 saturated carbocycles. The summed E-state index contributed by atoms with van der Waals surface area (Å²) in [5.74, 6) is 1.91. The van der Waals surface area contributed by atoms with Crippen molar-refractivity contribution in [3.8, 4) is 0 Å². The van der Waals surface area contributed by atoms with Crippen LogP contribution < -0.4 is 0 Å². The Hall–Kier alpha value is -1.04. The highest BCUT2D eigenvalue weighted by atomic mass is 14.6. The van der Waals surface area contributed by atoms with Crippen LogP contribution in [0.25, 0.3) is 0 Å². The van der Waals surface area contributed by atoms with Gasteiger partial charge in [0.15, 0.2) is 0 Å². The SMILES string of the molecule is C=C(CCc1ccc(CC)cc1)C12CC(C)CC1C2. The highest BCUT2D eigenvalue weighted by Gasteiger charge is 2.59. The Morgan fingerprint density at radius 3 is 2.47 bits per heavy atom. The van der Waals surface area contributed by atoms with Gasteiger partial charge in [0.2, 0.25) is 0 Å². The lowest BCUT2D eigenvalue weighted by molar-refractivity contribution is 0.477. The van der Waals surface area contributed by atoms with Crippen LogP contribution in [0.5, 0.6) is 0 Å². The number of allylic oxidation sites excluding steroid dienone is 1. The van der Waals surface area contributed by atoms with Crippen LogP contribution in [0.3, 0.4) is 0 Å². The van der Waals surface area contributed by atoms with E-state index in [1.807, 2.05) is 0 Å². The van der Waals surface area contributed by atoms with E-state index in [1.165, 1.54) is 43.2 Å². The molecule has 0 amide bonds. The van der Waals surface area contributed by atoms with E-state index in [1.54, 1.807) is 5.57 Å². The molecule has 0 spiro atoms. The van der Waals surface area contributed by atoms with Gasteiger partial charge in [0.25, 0.3) is 0 Å². The van der Waals surface area contributed by atoms with Crippen molar-refractivity contribution >= 4 is 0 Å². The van der Waals surface area contributed by atoms with Crippen molar-refractivity contribution < 1.29 is 0 Å². The van der Waals surface area contributed by atoms with Crippen LogP contribution in [0.1, 0.15) is 50.7 Å². The fourth-order valence-electron chi connectivity index (χ4n) is 4.19. The predicted octanol–water partition coefficient (Wildman–Crippen LogP) is 5.17. The third-order valence-corrected chi connectivity index (χ3v) is 5.48. The summed E-state index contributed by atoms with van der Waals surface area (Å²) in [5.41, 5.74) is 5.02. The average Bonchev–Trinajstić information content (AvgIpc) is 3.00. The van der Waals surface area contributed by atoms with E-state index in [0.717, 1.165) is 18.3 Å². The number of aryl methyl sites for hydroxylation is 2. The molecule has 0 heteroatoms. The van der Waals surface area contributed by atoms with Gasteiger partial charge >= 0.3 is 0 Å². The summed E-state index contributed by atoms with van der Waals surface area (Å²) in [6.07, 6.45) is 7.79. The number of rotatable bonds is 5. The zero-order valence-electron chi connectivity index (χ0n) is 12.4. The van der Waals surface area contributed by atoms with Gasteiger partial charge in [0.05, 0.1) is 0 Å². The second kappa shape index (κ2) is 4.81. The molecular weight excluding hydrogens is 228 g/mol. The molecule has 0 aromatic heterocycles. The molecule has 3 rings (SSSR count). The van der Waals surface area contributed by atoms with E-state index in [2.05, 4.69) is 44.7 Å². The Bertz CT molecular complexity index is 467. The summed E-state index contributed by atoms with van der Waals surface area (Å²) >= 11 is 0. The number of benzene rings is 1. The molecule has 102 valence electrons. The van der Waals surface area contributed by atoms with Crippen molar-refractivity contribution in [2.24, 2.45) is 17.3 Å². The minimum atomic E-state index is 0.572. The van der Waals surface area contributed by atoms with Crippen LogP contribution in [0.4, 0.5) is 0 Å². The third kappa shape index (κ3) is 2.38. The Kier molecular flexibility index (Phi) is 3.28. The highest BCUT2D eigenvalue weighted by molar-refractivity contribution is 5.28. The molecule has 3 unspecified atom stereocenters. The van der Waals surface area contributed by atoms with Gasteiger partial charge in [-0.3, -0.25) is 0 Å². The molecule has 0 saturated heterocycles. The van der Waals surface area contributed by atoms with Gasteiger partial charge in [-0.2, -0.15) is 0 Å². The summed E-state index contributed by atoms with van der Waals surface area (Å²) in [4.78, 5) is 0. The second-order valence-corrected chi connectivity index (χ2v) is 6.88. The van der Waals surface area contributed by atoms with Gasteiger partial charge in [-0.1, -0.05) is 50.3 Å². The van der Waals surface area contributed by atoms with Crippen molar-refractivity contribution in [1.82, 2.24) is 0 Å². The van der Waals surface area contributed by atoms with E-state index in [4.69, 9.17) is 0 Å². The van der Waals surface area contributed by atoms with Crippen LogP contribution in [0.2, 0.25) is 0 Å². The van der Waals surface area contributed by atoms with Gasteiger partial charge in [-0.15, -0.1) is 0 Å². The Morgan fingerprint density at radius 2 is 1.89 bits per heavy atom. The third-order valence-electron chi connectivity index (χ3n) is 5.48. The van der Waals surface area contributed by atoms with Crippen molar-refractivity contribution in [1.29, 1.82) is 0 Å². The lowest BCUT2D eigenvalue weighted by atomic mass is 9.88. The number of hydrogen-bond acceptors (Lipinski definition) is 0. The highest BCUT2D eigenvalue weighted by Crippen LogP contribution is 2.69. The summed E-state index contributed by atoms with van der Waals surface area (Å²) < 4.78 is 0. The number of fused-ring (bicyclic) bond motifs is 1. The van der Waals surface area contributed by atoms with E-state index >= 15 is 0 Å². The first-order valence-corrected chi connectivity index (χ1v) is 7.90. The number of hydrogen-bond donors (Lipinski definition) is 0. The van der Waals surface area contributed by atoms with Crippen LogP contribution in [-0.4, -0.2) is 0 Å². The first kappa shape index (κ1) is 13.0. The normalized spacial score (nSPS) is 32.1. The Morgan fingerprint density at radius 1 is 1.21 bits per heavy atom. The largest absolute Gasteiger partial charge is 0.0993 e. The quantitative estimate of drug-likeness (QED) is 0.636. The van der Waals surface area contributed by atoms with Crippen LogP contribution in [0.15, 0.2) is 36.4 Å². The zero-order valence-corrected chi connectivity index (χ0v) is 12.4. The molecular formula is C19H26. The van der Waals surface area contributed by atoms with E-state index in [0.29, 0.717) is 5.41 Å². The van der Waals surface area contributed by atoms with Crippen molar-refractivity contribution in [2.45, 2.75) is 52.4 Å². The van der Waals surface area contributed by atoms with Gasteiger partial charge in [-0.05, 0) is 66.9 Å². The fraction of sp³-hybridized carbons (Fsp3) is 0.579. The van der Waals surface area contributed by atoms with Gasteiger partial charge in [0.1, 0.15) is 0 Å². The monoisotopic (exact) mass is 254 g/mol. The molecule has 0 nitrogen and oxygen atoms in total. The average molecular weight is 254 g/mol. The molecule has 1 aromatic rings. The molecule has 0 N–H and O–H groups in total. The second-order valence-electron chi connectivity index (χ2n) is 6.88. The lowest BCUT2D eigenvalue weighted by Gasteiger charge is -2.17. The summed E-state index contributed by atoms with van der Waals surface area (Å²) in [7, 11) is 0. The lowest BCUT2D eigenvalue weighted by Crippen LogP contribution is -2.06. The first-order chi connectivity index (χ1) is 9.14. The minimum absolute atomic E-state index is 0.572. The van der Waals surface area contributed by atoms with E-state index in [9.17, 15) is 0 Å². The van der Waals surface area contributed by atoms with Crippen LogP contribution in [-0.2, 0) is 12.8 Å². The molecule has 2 fully saturated rings.